The van der Waals surface area contributed by atoms with Crippen LogP contribution in [0.3, 0.4) is 0 Å². The second-order valence-corrected chi connectivity index (χ2v) is 4.13. The summed E-state index contributed by atoms with van der Waals surface area (Å²) in [4.78, 5) is 14.9. The normalized spacial score (nSPS) is 10.3. The molecule has 0 aliphatic heterocycles. The first kappa shape index (κ1) is 12.0. The van der Waals surface area contributed by atoms with E-state index in [1.165, 1.54) is 11.8 Å². The predicted octanol–water partition coefficient (Wildman–Crippen LogP) is 1.56. The molecule has 0 amide bonds. The van der Waals surface area contributed by atoms with E-state index < -0.39 is 5.97 Å². The van der Waals surface area contributed by atoms with Gasteiger partial charge in [0.15, 0.2) is 0 Å². The Bertz CT molecular complexity index is 355. The van der Waals surface area contributed by atoms with Crippen molar-refractivity contribution in [3.05, 3.63) is 23.4 Å². The lowest BCUT2D eigenvalue weighted by atomic mass is 10.2. The van der Waals surface area contributed by atoms with Crippen LogP contribution < -0.4 is 0 Å². The van der Waals surface area contributed by atoms with Crippen molar-refractivity contribution in [1.82, 2.24) is 4.98 Å². The summed E-state index contributed by atoms with van der Waals surface area (Å²) in [5.41, 5.74) is 0.762. The van der Waals surface area contributed by atoms with Crippen molar-refractivity contribution in [2.24, 2.45) is 0 Å². The molecule has 0 aliphatic rings. The molecule has 4 nitrogen and oxygen atoms in total. The third-order valence-corrected chi connectivity index (χ3v) is 2.86. The molecule has 1 aromatic rings. The van der Waals surface area contributed by atoms with E-state index in [4.69, 9.17) is 10.2 Å². The average molecular weight is 227 g/mol. The molecule has 0 saturated heterocycles. The van der Waals surface area contributed by atoms with Crippen LogP contribution in [-0.2, 0) is 0 Å². The van der Waals surface area contributed by atoms with Crippen molar-refractivity contribution in [3.63, 3.8) is 0 Å². The standard InChI is InChI=1S/C10H13NO3S/c1-7-8(10(13)14)3-4-9(11-7)15-6-2-5-12/h3-4,12H,2,5-6H2,1H3,(H,13,14). The van der Waals surface area contributed by atoms with Crippen molar-refractivity contribution in [2.45, 2.75) is 18.4 Å². The number of aryl methyl sites for hydroxylation is 1. The van der Waals surface area contributed by atoms with E-state index in [1.54, 1.807) is 19.1 Å². The molecule has 0 aliphatic carbocycles. The van der Waals surface area contributed by atoms with Crippen molar-refractivity contribution in [3.8, 4) is 0 Å². The maximum absolute atomic E-state index is 10.7. The number of carbonyl (C=O) groups is 1. The first-order valence-electron chi connectivity index (χ1n) is 4.59. The number of aromatic nitrogens is 1. The number of nitrogens with zero attached hydrogens (tertiary/aromatic N) is 1. The fraction of sp³-hybridized carbons (Fsp3) is 0.400. The number of hydrogen-bond donors (Lipinski definition) is 2. The van der Waals surface area contributed by atoms with Gasteiger partial charge in [-0.25, -0.2) is 9.78 Å². The maximum atomic E-state index is 10.7. The van der Waals surface area contributed by atoms with Crippen molar-refractivity contribution >= 4 is 17.7 Å². The predicted molar refractivity (Wildman–Crippen MR) is 58.4 cm³/mol. The van der Waals surface area contributed by atoms with Gasteiger partial charge in [-0.15, -0.1) is 11.8 Å². The maximum Gasteiger partial charge on any atom is 0.337 e. The Hall–Kier alpha value is -1.07. The minimum atomic E-state index is -0.952. The van der Waals surface area contributed by atoms with Gasteiger partial charge in [-0.3, -0.25) is 0 Å². The van der Waals surface area contributed by atoms with Gasteiger partial charge in [0.05, 0.1) is 16.3 Å². The summed E-state index contributed by atoms with van der Waals surface area (Å²) in [7, 11) is 0. The monoisotopic (exact) mass is 227 g/mol. The number of hydrogen-bond acceptors (Lipinski definition) is 4. The van der Waals surface area contributed by atoms with Crippen LogP contribution in [0.15, 0.2) is 17.2 Å². The van der Waals surface area contributed by atoms with Gasteiger partial charge in [-0.2, -0.15) is 0 Å². The minimum absolute atomic E-state index is 0.166. The van der Waals surface area contributed by atoms with E-state index in [-0.39, 0.29) is 12.2 Å². The first-order valence-corrected chi connectivity index (χ1v) is 5.58. The zero-order valence-electron chi connectivity index (χ0n) is 8.43. The highest BCUT2D eigenvalue weighted by Crippen LogP contribution is 2.18. The molecule has 0 unspecified atom stereocenters. The van der Waals surface area contributed by atoms with Crippen molar-refractivity contribution in [2.75, 3.05) is 12.4 Å². The number of pyridine rings is 1. The van der Waals surface area contributed by atoms with Crippen LogP contribution in [0.4, 0.5) is 0 Å². The van der Waals surface area contributed by atoms with E-state index in [9.17, 15) is 4.79 Å². The molecule has 1 rings (SSSR count). The van der Waals surface area contributed by atoms with Crippen molar-refractivity contribution in [1.29, 1.82) is 0 Å². The van der Waals surface area contributed by atoms with Gasteiger partial charge in [-0.1, -0.05) is 0 Å². The molecule has 82 valence electrons. The fourth-order valence-corrected chi connectivity index (χ4v) is 1.93. The third kappa shape index (κ3) is 3.53. The third-order valence-electron chi connectivity index (χ3n) is 1.84. The van der Waals surface area contributed by atoms with E-state index in [0.717, 1.165) is 10.8 Å². The van der Waals surface area contributed by atoms with Gasteiger partial charge in [0.2, 0.25) is 0 Å². The molecule has 0 fully saturated rings. The zero-order chi connectivity index (χ0) is 11.3. The summed E-state index contributed by atoms with van der Waals surface area (Å²) >= 11 is 1.52. The van der Waals surface area contributed by atoms with Gasteiger partial charge in [0, 0.05) is 12.4 Å². The first-order chi connectivity index (χ1) is 7.15. The molecule has 5 heteroatoms. The van der Waals surface area contributed by atoms with Gasteiger partial charge in [0.25, 0.3) is 0 Å². The molecule has 0 saturated carbocycles. The van der Waals surface area contributed by atoms with Crippen LogP contribution in [-0.4, -0.2) is 33.5 Å². The highest BCUT2D eigenvalue weighted by molar-refractivity contribution is 7.99. The van der Waals surface area contributed by atoms with Crippen molar-refractivity contribution < 1.29 is 15.0 Å². The Balaban J connectivity index is 2.69. The SMILES string of the molecule is Cc1nc(SCCCO)ccc1C(=O)O. The Morgan fingerprint density at radius 3 is 2.80 bits per heavy atom. The molecule has 0 aromatic carbocycles. The average Bonchev–Trinajstić information content (AvgIpc) is 2.17. The molecule has 2 N–H and O–H groups in total. The second kappa shape index (κ2) is 5.72. The molecule has 1 aromatic heterocycles. The van der Waals surface area contributed by atoms with Gasteiger partial charge >= 0.3 is 5.97 Å². The highest BCUT2D eigenvalue weighted by Gasteiger charge is 2.08. The van der Waals surface area contributed by atoms with Gasteiger partial charge in [0.1, 0.15) is 0 Å². The number of rotatable bonds is 5. The van der Waals surface area contributed by atoms with Gasteiger partial charge in [-0.05, 0) is 25.5 Å². The second-order valence-electron chi connectivity index (χ2n) is 3.01. The summed E-state index contributed by atoms with van der Waals surface area (Å²) in [6.45, 7) is 1.85. The van der Waals surface area contributed by atoms with E-state index in [1.807, 2.05) is 0 Å². The number of carboxylic acid groups (broad SMARTS) is 1. The van der Waals surface area contributed by atoms with Crippen LogP contribution in [0.25, 0.3) is 0 Å². The molecule has 0 radical (unpaired) electrons. The van der Waals surface area contributed by atoms with Crippen LogP contribution in [0.5, 0.6) is 0 Å². The largest absolute Gasteiger partial charge is 0.478 e. The Labute approximate surface area is 92.3 Å². The molecule has 15 heavy (non-hydrogen) atoms. The van der Waals surface area contributed by atoms with E-state index in [2.05, 4.69) is 4.98 Å². The lowest BCUT2D eigenvalue weighted by Crippen LogP contribution is -2.02. The molecule has 1 heterocycles. The lowest BCUT2D eigenvalue weighted by Gasteiger charge is -2.03. The zero-order valence-corrected chi connectivity index (χ0v) is 9.25. The Morgan fingerprint density at radius 1 is 1.53 bits per heavy atom. The quantitative estimate of drug-likeness (QED) is 0.590. The van der Waals surface area contributed by atoms with Crippen LogP contribution in [0.1, 0.15) is 22.5 Å². The molecule has 0 bridgehead atoms. The van der Waals surface area contributed by atoms with Crippen LogP contribution >= 0.6 is 11.8 Å². The molecule has 0 atom stereocenters. The van der Waals surface area contributed by atoms with E-state index in [0.29, 0.717) is 12.1 Å². The number of aliphatic hydroxyl groups is 1. The number of aliphatic hydroxyl groups excluding tert-OH is 1. The molecule has 0 spiro atoms. The molecular formula is C10H13NO3S. The number of aromatic carboxylic acids is 1. The number of carboxylic acids is 1. The molecular weight excluding hydrogens is 214 g/mol. The summed E-state index contributed by atoms with van der Waals surface area (Å²) in [5.74, 6) is -0.165. The van der Waals surface area contributed by atoms with Crippen LogP contribution in [0, 0.1) is 6.92 Å². The summed E-state index contributed by atoms with van der Waals surface area (Å²) < 4.78 is 0. The number of thioether (sulfide) groups is 1. The Morgan fingerprint density at radius 2 is 2.27 bits per heavy atom. The lowest BCUT2D eigenvalue weighted by molar-refractivity contribution is 0.0695. The summed E-state index contributed by atoms with van der Waals surface area (Å²) in [6, 6.07) is 3.25. The van der Waals surface area contributed by atoms with E-state index >= 15 is 0 Å². The topological polar surface area (TPSA) is 70.4 Å². The Kier molecular flexibility index (Phi) is 4.58. The fourth-order valence-electron chi connectivity index (χ4n) is 1.09. The summed E-state index contributed by atoms with van der Waals surface area (Å²) in [6.07, 6.45) is 0.714. The summed E-state index contributed by atoms with van der Waals surface area (Å²) in [5, 5.41) is 18.2. The highest BCUT2D eigenvalue weighted by atomic mass is 32.2. The van der Waals surface area contributed by atoms with Gasteiger partial charge < -0.3 is 10.2 Å². The minimum Gasteiger partial charge on any atom is -0.478 e. The van der Waals surface area contributed by atoms with Crippen LogP contribution in [0.2, 0.25) is 0 Å². The smallest absolute Gasteiger partial charge is 0.337 e.